The molecule has 0 saturated carbocycles. The van der Waals surface area contributed by atoms with Crippen molar-refractivity contribution in [2.75, 3.05) is 18.2 Å². The van der Waals surface area contributed by atoms with Crippen LogP contribution in [0.3, 0.4) is 0 Å². The van der Waals surface area contributed by atoms with E-state index < -0.39 is 0 Å². The number of para-hydroxylation sites is 1. The van der Waals surface area contributed by atoms with Gasteiger partial charge in [0.15, 0.2) is 5.69 Å². The van der Waals surface area contributed by atoms with Crippen molar-refractivity contribution in [3.8, 4) is 0 Å². The van der Waals surface area contributed by atoms with E-state index in [0.717, 1.165) is 5.56 Å². The molecule has 19 heavy (non-hydrogen) atoms. The van der Waals surface area contributed by atoms with E-state index in [2.05, 4.69) is 15.5 Å². The van der Waals surface area contributed by atoms with Gasteiger partial charge in [0.2, 0.25) is 0 Å². The summed E-state index contributed by atoms with van der Waals surface area (Å²) in [6.45, 7) is 2.18. The molecule has 1 amide bonds. The van der Waals surface area contributed by atoms with Crippen molar-refractivity contribution in [1.82, 2.24) is 10.2 Å². The Labute approximate surface area is 111 Å². The van der Waals surface area contributed by atoms with Crippen molar-refractivity contribution in [2.45, 2.75) is 13.5 Å². The van der Waals surface area contributed by atoms with Crippen LogP contribution in [0.2, 0.25) is 0 Å². The van der Waals surface area contributed by atoms with Crippen molar-refractivity contribution >= 4 is 17.3 Å². The summed E-state index contributed by atoms with van der Waals surface area (Å²) in [5.74, 6) is -0.342. The number of carbonyl (C=O) groups is 1. The number of amides is 1. The minimum absolute atomic E-state index is 0.199. The quantitative estimate of drug-likeness (QED) is 0.780. The second-order valence-electron chi connectivity index (χ2n) is 4.16. The van der Waals surface area contributed by atoms with E-state index in [-0.39, 0.29) is 11.6 Å². The first-order chi connectivity index (χ1) is 9.13. The number of carbonyl (C=O) groups excluding carboxylic acids is 1. The van der Waals surface area contributed by atoms with Gasteiger partial charge < -0.3 is 15.8 Å². The SMILES string of the molecule is COCc1ccccc1NC(=O)c1n[nH]c(C)c1N. The molecule has 0 aliphatic heterocycles. The molecule has 6 nitrogen and oxygen atoms in total. The Hall–Kier alpha value is -2.34. The molecule has 100 valence electrons. The van der Waals surface area contributed by atoms with Gasteiger partial charge in [0, 0.05) is 18.4 Å². The molecule has 0 radical (unpaired) electrons. The molecule has 0 saturated heterocycles. The summed E-state index contributed by atoms with van der Waals surface area (Å²) in [6, 6.07) is 7.42. The monoisotopic (exact) mass is 260 g/mol. The Bertz CT molecular complexity index is 592. The summed E-state index contributed by atoms with van der Waals surface area (Å²) in [5, 5.41) is 9.36. The highest BCUT2D eigenvalue weighted by Crippen LogP contribution is 2.19. The lowest BCUT2D eigenvalue weighted by molar-refractivity contribution is 0.102. The van der Waals surface area contributed by atoms with E-state index in [4.69, 9.17) is 10.5 Å². The molecule has 0 aliphatic carbocycles. The second-order valence-corrected chi connectivity index (χ2v) is 4.16. The van der Waals surface area contributed by atoms with Gasteiger partial charge in [0.05, 0.1) is 18.0 Å². The third kappa shape index (κ3) is 2.74. The standard InChI is InChI=1S/C13H16N4O2/c1-8-11(14)12(17-16-8)13(18)15-10-6-4-3-5-9(10)7-19-2/h3-6H,7,14H2,1-2H3,(H,15,18)(H,16,17). The van der Waals surface area contributed by atoms with Crippen LogP contribution in [0.1, 0.15) is 21.7 Å². The van der Waals surface area contributed by atoms with Crippen molar-refractivity contribution in [2.24, 2.45) is 0 Å². The molecule has 2 rings (SSSR count). The summed E-state index contributed by atoms with van der Waals surface area (Å²) >= 11 is 0. The third-order valence-electron chi connectivity index (χ3n) is 2.78. The summed E-state index contributed by atoms with van der Waals surface area (Å²) in [4.78, 5) is 12.1. The average Bonchev–Trinajstić information content (AvgIpc) is 2.73. The number of nitrogens with one attached hydrogen (secondary N) is 2. The number of hydrogen-bond acceptors (Lipinski definition) is 4. The first-order valence-electron chi connectivity index (χ1n) is 5.82. The van der Waals surface area contributed by atoms with Gasteiger partial charge in [0.1, 0.15) is 0 Å². The first-order valence-corrected chi connectivity index (χ1v) is 5.82. The minimum atomic E-state index is -0.342. The van der Waals surface area contributed by atoms with Gasteiger partial charge in [-0.15, -0.1) is 0 Å². The normalized spacial score (nSPS) is 10.4. The topological polar surface area (TPSA) is 93.0 Å². The number of hydrogen-bond donors (Lipinski definition) is 3. The number of anilines is 2. The molecule has 0 bridgehead atoms. The number of aryl methyl sites for hydroxylation is 1. The lowest BCUT2D eigenvalue weighted by Gasteiger charge is -2.09. The van der Waals surface area contributed by atoms with E-state index in [0.29, 0.717) is 23.7 Å². The van der Waals surface area contributed by atoms with Gasteiger partial charge in [-0.2, -0.15) is 5.10 Å². The van der Waals surface area contributed by atoms with Crippen LogP contribution in [-0.2, 0) is 11.3 Å². The number of nitrogen functional groups attached to an aromatic ring is 1. The highest BCUT2D eigenvalue weighted by Gasteiger charge is 2.16. The van der Waals surface area contributed by atoms with E-state index in [9.17, 15) is 4.79 Å². The van der Waals surface area contributed by atoms with Crippen LogP contribution in [-0.4, -0.2) is 23.2 Å². The maximum Gasteiger partial charge on any atom is 0.278 e. The Balaban J connectivity index is 2.22. The van der Waals surface area contributed by atoms with E-state index in [1.165, 1.54) is 0 Å². The number of methoxy groups -OCH3 is 1. The first kappa shape index (κ1) is 13.1. The van der Waals surface area contributed by atoms with E-state index in [1.54, 1.807) is 14.0 Å². The predicted molar refractivity (Wildman–Crippen MR) is 72.8 cm³/mol. The molecule has 0 aliphatic rings. The van der Waals surface area contributed by atoms with Crippen LogP contribution in [0.5, 0.6) is 0 Å². The zero-order chi connectivity index (χ0) is 13.8. The molecule has 4 N–H and O–H groups in total. The van der Waals surface area contributed by atoms with Crippen LogP contribution in [0, 0.1) is 6.92 Å². The van der Waals surface area contributed by atoms with Crippen molar-refractivity contribution in [3.05, 3.63) is 41.2 Å². The number of nitrogens with two attached hydrogens (primary N) is 1. The van der Waals surface area contributed by atoms with Crippen LogP contribution >= 0.6 is 0 Å². The Morgan fingerprint density at radius 1 is 1.47 bits per heavy atom. The average molecular weight is 260 g/mol. The van der Waals surface area contributed by atoms with Gasteiger partial charge in [-0.25, -0.2) is 0 Å². The lowest BCUT2D eigenvalue weighted by Crippen LogP contribution is -2.15. The van der Waals surface area contributed by atoms with Crippen molar-refractivity contribution < 1.29 is 9.53 Å². The largest absolute Gasteiger partial charge is 0.395 e. The maximum atomic E-state index is 12.1. The zero-order valence-electron chi connectivity index (χ0n) is 10.9. The zero-order valence-corrected chi connectivity index (χ0v) is 10.9. The molecular weight excluding hydrogens is 244 g/mol. The molecule has 1 aromatic carbocycles. The molecule has 0 fully saturated rings. The Morgan fingerprint density at radius 2 is 2.21 bits per heavy atom. The molecule has 1 heterocycles. The van der Waals surface area contributed by atoms with Gasteiger partial charge in [-0.3, -0.25) is 9.89 Å². The number of benzene rings is 1. The van der Waals surface area contributed by atoms with Gasteiger partial charge >= 0.3 is 0 Å². The van der Waals surface area contributed by atoms with Crippen LogP contribution < -0.4 is 11.1 Å². The molecular formula is C13H16N4O2. The van der Waals surface area contributed by atoms with Gasteiger partial charge in [-0.05, 0) is 13.0 Å². The lowest BCUT2D eigenvalue weighted by atomic mass is 10.2. The van der Waals surface area contributed by atoms with E-state index in [1.807, 2.05) is 24.3 Å². The number of rotatable bonds is 4. The van der Waals surface area contributed by atoms with Gasteiger partial charge in [0.25, 0.3) is 5.91 Å². The van der Waals surface area contributed by atoms with E-state index >= 15 is 0 Å². The Morgan fingerprint density at radius 3 is 2.84 bits per heavy atom. The number of ether oxygens (including phenoxy) is 1. The number of H-pyrrole nitrogens is 1. The molecule has 1 aromatic heterocycles. The summed E-state index contributed by atoms with van der Waals surface area (Å²) in [7, 11) is 1.60. The highest BCUT2D eigenvalue weighted by molar-refractivity contribution is 6.06. The van der Waals surface area contributed by atoms with Gasteiger partial charge in [-0.1, -0.05) is 18.2 Å². The highest BCUT2D eigenvalue weighted by atomic mass is 16.5. The second kappa shape index (κ2) is 5.53. The maximum absolute atomic E-state index is 12.1. The fraction of sp³-hybridized carbons (Fsp3) is 0.231. The molecule has 0 spiro atoms. The third-order valence-corrected chi connectivity index (χ3v) is 2.78. The summed E-state index contributed by atoms with van der Waals surface area (Å²) in [5.41, 5.74) is 8.59. The fourth-order valence-electron chi connectivity index (χ4n) is 1.72. The molecule has 0 atom stereocenters. The predicted octanol–water partition coefficient (Wildman–Crippen LogP) is 1.70. The van der Waals surface area contributed by atoms with Crippen molar-refractivity contribution in [1.29, 1.82) is 0 Å². The smallest absolute Gasteiger partial charge is 0.278 e. The number of aromatic amines is 1. The Kier molecular flexibility index (Phi) is 3.82. The summed E-state index contributed by atoms with van der Waals surface area (Å²) < 4.78 is 5.09. The van der Waals surface area contributed by atoms with Crippen LogP contribution in [0.25, 0.3) is 0 Å². The van der Waals surface area contributed by atoms with Crippen LogP contribution in [0.15, 0.2) is 24.3 Å². The number of nitrogens with zero attached hydrogens (tertiary/aromatic N) is 1. The molecule has 0 unspecified atom stereocenters. The fourth-order valence-corrected chi connectivity index (χ4v) is 1.72. The minimum Gasteiger partial charge on any atom is -0.395 e. The molecule has 6 heteroatoms. The van der Waals surface area contributed by atoms with Crippen molar-refractivity contribution in [3.63, 3.8) is 0 Å². The molecule has 2 aromatic rings. The van der Waals surface area contributed by atoms with Crippen LogP contribution in [0.4, 0.5) is 11.4 Å². The summed E-state index contributed by atoms with van der Waals surface area (Å²) in [6.07, 6.45) is 0. The number of aromatic nitrogens is 2.